The van der Waals surface area contributed by atoms with E-state index in [-0.39, 0.29) is 29.8 Å². The van der Waals surface area contributed by atoms with Gasteiger partial charge in [0.25, 0.3) is 0 Å². The number of rotatable bonds is 4. The zero-order valence-electron chi connectivity index (χ0n) is 10.7. The van der Waals surface area contributed by atoms with Gasteiger partial charge in [-0.2, -0.15) is 0 Å². The molecule has 6 heteroatoms. The fourth-order valence-electron chi connectivity index (χ4n) is 1.55. The van der Waals surface area contributed by atoms with Gasteiger partial charge in [-0.25, -0.2) is 9.38 Å². The van der Waals surface area contributed by atoms with Crippen LogP contribution in [0.5, 0.6) is 0 Å². The average molecular weight is 442 g/mol. The number of nitrogens with zero attached hydrogens (tertiary/aromatic N) is 1. The zero-order valence-corrected chi connectivity index (χ0v) is 14.7. The van der Waals surface area contributed by atoms with E-state index in [1.165, 1.54) is 18.9 Å². The second-order valence-electron chi connectivity index (χ2n) is 4.36. The highest BCUT2D eigenvalue weighted by Crippen LogP contribution is 2.19. The summed E-state index contributed by atoms with van der Waals surface area (Å²) in [6.07, 6.45) is 2.41. The minimum absolute atomic E-state index is 0. The number of hydrogen-bond donors (Lipinski definition) is 2. The third kappa shape index (κ3) is 5.64. The normalized spacial score (nSPS) is 14.8. The number of guanidine groups is 1. The van der Waals surface area contributed by atoms with Gasteiger partial charge in [0, 0.05) is 12.6 Å². The minimum Gasteiger partial charge on any atom is -0.357 e. The Labute approximate surface area is 138 Å². The van der Waals surface area contributed by atoms with Crippen LogP contribution in [0.15, 0.2) is 27.7 Å². The molecule has 0 saturated heterocycles. The molecule has 0 amide bonds. The Hall–Kier alpha value is -0.370. The Balaban J connectivity index is 0.00000180. The number of halogens is 3. The maximum Gasteiger partial charge on any atom is 0.191 e. The van der Waals surface area contributed by atoms with E-state index < -0.39 is 0 Å². The van der Waals surface area contributed by atoms with E-state index in [2.05, 4.69) is 31.6 Å². The fourth-order valence-corrected chi connectivity index (χ4v) is 1.80. The highest BCUT2D eigenvalue weighted by Gasteiger charge is 2.21. The van der Waals surface area contributed by atoms with E-state index in [4.69, 9.17) is 0 Å². The first-order valence-corrected chi connectivity index (χ1v) is 6.97. The van der Waals surface area contributed by atoms with Crippen LogP contribution >= 0.6 is 39.9 Å². The van der Waals surface area contributed by atoms with Crippen molar-refractivity contribution in [1.29, 1.82) is 0 Å². The molecular formula is C13H18BrFIN3. The lowest BCUT2D eigenvalue weighted by molar-refractivity contribution is 0.618. The zero-order chi connectivity index (χ0) is 13.0. The molecule has 1 aromatic rings. The molecule has 0 unspecified atom stereocenters. The second kappa shape index (κ2) is 8.04. The molecule has 0 heterocycles. The monoisotopic (exact) mass is 441 g/mol. The van der Waals surface area contributed by atoms with Gasteiger partial charge in [-0.15, -0.1) is 24.0 Å². The largest absolute Gasteiger partial charge is 0.357 e. The predicted octanol–water partition coefficient (Wildman–Crippen LogP) is 3.42. The molecule has 0 radical (unpaired) electrons. The van der Waals surface area contributed by atoms with Gasteiger partial charge in [-0.05, 0) is 53.4 Å². The molecule has 106 valence electrons. The van der Waals surface area contributed by atoms with Gasteiger partial charge in [-0.3, -0.25) is 0 Å². The Morgan fingerprint density at radius 2 is 2.21 bits per heavy atom. The van der Waals surface area contributed by atoms with Gasteiger partial charge in [0.15, 0.2) is 5.96 Å². The Morgan fingerprint density at radius 3 is 2.79 bits per heavy atom. The SMILES string of the molecule is CCNC(=NCc1ccc(Br)c(F)c1)NC1CC1.I. The first-order valence-electron chi connectivity index (χ1n) is 6.18. The van der Waals surface area contributed by atoms with Gasteiger partial charge < -0.3 is 10.6 Å². The van der Waals surface area contributed by atoms with Gasteiger partial charge in [-0.1, -0.05) is 6.07 Å². The molecule has 1 fully saturated rings. The average Bonchev–Trinajstić information content (AvgIpc) is 3.14. The summed E-state index contributed by atoms with van der Waals surface area (Å²) >= 11 is 3.14. The van der Waals surface area contributed by atoms with Crippen molar-refractivity contribution in [3.8, 4) is 0 Å². The molecule has 0 bridgehead atoms. The molecule has 1 aliphatic carbocycles. The minimum atomic E-state index is -0.247. The van der Waals surface area contributed by atoms with Crippen LogP contribution in [0, 0.1) is 5.82 Å². The molecule has 3 nitrogen and oxygen atoms in total. The van der Waals surface area contributed by atoms with E-state index in [0.717, 1.165) is 18.1 Å². The highest BCUT2D eigenvalue weighted by atomic mass is 127. The Morgan fingerprint density at radius 1 is 1.47 bits per heavy atom. The lowest BCUT2D eigenvalue weighted by Gasteiger charge is -2.10. The molecule has 0 aliphatic heterocycles. The van der Waals surface area contributed by atoms with Crippen LogP contribution in [0.25, 0.3) is 0 Å². The van der Waals surface area contributed by atoms with Crippen molar-refractivity contribution < 1.29 is 4.39 Å². The van der Waals surface area contributed by atoms with Gasteiger partial charge in [0.05, 0.1) is 11.0 Å². The molecule has 2 N–H and O–H groups in total. The van der Waals surface area contributed by atoms with Crippen LogP contribution in [0.2, 0.25) is 0 Å². The van der Waals surface area contributed by atoms with E-state index in [1.54, 1.807) is 6.07 Å². The summed E-state index contributed by atoms with van der Waals surface area (Å²) in [5.74, 6) is 0.561. The highest BCUT2D eigenvalue weighted by molar-refractivity contribution is 14.0. The summed E-state index contributed by atoms with van der Waals surface area (Å²) in [7, 11) is 0. The summed E-state index contributed by atoms with van der Waals surface area (Å²) in [6.45, 7) is 3.34. The topological polar surface area (TPSA) is 36.4 Å². The van der Waals surface area contributed by atoms with Crippen LogP contribution in [0.4, 0.5) is 4.39 Å². The maximum atomic E-state index is 13.3. The van der Waals surface area contributed by atoms with Crippen LogP contribution in [0.1, 0.15) is 25.3 Å². The lowest BCUT2D eigenvalue weighted by Crippen LogP contribution is -2.38. The van der Waals surface area contributed by atoms with Crippen LogP contribution in [-0.2, 0) is 6.54 Å². The van der Waals surface area contributed by atoms with E-state index in [1.807, 2.05) is 13.0 Å². The van der Waals surface area contributed by atoms with Crippen molar-refractivity contribution in [2.45, 2.75) is 32.4 Å². The second-order valence-corrected chi connectivity index (χ2v) is 5.22. The molecule has 0 atom stereocenters. The van der Waals surface area contributed by atoms with Crippen molar-refractivity contribution >= 4 is 45.9 Å². The third-order valence-electron chi connectivity index (χ3n) is 2.67. The standard InChI is InChI=1S/C13H17BrFN3.HI/c1-2-16-13(18-10-4-5-10)17-8-9-3-6-11(14)12(15)7-9;/h3,6-7,10H,2,4-5,8H2,1H3,(H2,16,17,18);1H. The Kier molecular flexibility index (Phi) is 7.06. The van der Waals surface area contributed by atoms with Crippen molar-refractivity contribution in [2.24, 2.45) is 4.99 Å². The van der Waals surface area contributed by atoms with Crippen molar-refractivity contribution in [2.75, 3.05) is 6.54 Å². The summed E-state index contributed by atoms with van der Waals surface area (Å²) < 4.78 is 13.8. The number of aliphatic imine (C=N–C) groups is 1. The molecule has 19 heavy (non-hydrogen) atoms. The predicted molar refractivity (Wildman–Crippen MR) is 90.5 cm³/mol. The van der Waals surface area contributed by atoms with Crippen molar-refractivity contribution in [3.05, 3.63) is 34.1 Å². The number of nitrogens with one attached hydrogen (secondary N) is 2. The first-order chi connectivity index (χ1) is 8.69. The molecular weight excluding hydrogens is 424 g/mol. The van der Waals surface area contributed by atoms with E-state index >= 15 is 0 Å². The molecule has 1 saturated carbocycles. The first kappa shape index (κ1) is 16.7. The molecule has 1 aliphatic rings. The molecule has 1 aromatic carbocycles. The van der Waals surface area contributed by atoms with Crippen LogP contribution < -0.4 is 10.6 Å². The van der Waals surface area contributed by atoms with Gasteiger partial charge in [0.1, 0.15) is 5.82 Å². The van der Waals surface area contributed by atoms with E-state index in [0.29, 0.717) is 17.1 Å². The molecule has 0 spiro atoms. The third-order valence-corrected chi connectivity index (χ3v) is 3.31. The van der Waals surface area contributed by atoms with Crippen LogP contribution in [0.3, 0.4) is 0 Å². The Bertz CT molecular complexity index is 450. The van der Waals surface area contributed by atoms with Gasteiger partial charge >= 0.3 is 0 Å². The maximum absolute atomic E-state index is 13.3. The summed E-state index contributed by atoms with van der Waals surface area (Å²) in [6, 6.07) is 5.65. The van der Waals surface area contributed by atoms with Crippen LogP contribution in [-0.4, -0.2) is 18.5 Å². The van der Waals surface area contributed by atoms with Crippen molar-refractivity contribution in [1.82, 2.24) is 10.6 Å². The quantitative estimate of drug-likeness (QED) is 0.426. The van der Waals surface area contributed by atoms with Crippen molar-refractivity contribution in [3.63, 3.8) is 0 Å². The summed E-state index contributed by atoms with van der Waals surface area (Å²) in [5.41, 5.74) is 0.865. The smallest absolute Gasteiger partial charge is 0.191 e. The fraction of sp³-hybridized carbons (Fsp3) is 0.462. The van der Waals surface area contributed by atoms with Gasteiger partial charge in [0.2, 0.25) is 0 Å². The lowest BCUT2D eigenvalue weighted by atomic mass is 10.2. The van der Waals surface area contributed by atoms with E-state index in [9.17, 15) is 4.39 Å². The summed E-state index contributed by atoms with van der Waals surface area (Å²) in [4.78, 5) is 4.45. The summed E-state index contributed by atoms with van der Waals surface area (Å²) in [5, 5.41) is 6.51. The molecule has 2 rings (SSSR count). The number of benzene rings is 1. The number of hydrogen-bond acceptors (Lipinski definition) is 1. The molecule has 0 aromatic heterocycles.